The minimum atomic E-state index is -0.515. The van der Waals surface area contributed by atoms with Crippen LogP contribution >= 0.6 is 11.6 Å². The fourth-order valence-electron chi connectivity index (χ4n) is 3.74. The second-order valence-electron chi connectivity index (χ2n) is 6.80. The van der Waals surface area contributed by atoms with Gasteiger partial charge >= 0.3 is 0 Å². The van der Waals surface area contributed by atoms with Gasteiger partial charge in [-0.1, -0.05) is 30.5 Å². The van der Waals surface area contributed by atoms with Gasteiger partial charge in [-0.15, -0.1) is 0 Å². The first-order valence-electron chi connectivity index (χ1n) is 8.18. The highest BCUT2D eigenvalue weighted by atomic mass is 35.5. The van der Waals surface area contributed by atoms with Crippen molar-refractivity contribution in [2.75, 3.05) is 0 Å². The van der Waals surface area contributed by atoms with E-state index < -0.39 is 5.54 Å². The molecule has 0 aliphatic heterocycles. The molecule has 2 amide bonds. The summed E-state index contributed by atoms with van der Waals surface area (Å²) in [7, 11) is 1.85. The quantitative estimate of drug-likeness (QED) is 0.891. The number of carbonyl (C=O) groups is 2. The molecule has 0 bridgehead atoms. The summed E-state index contributed by atoms with van der Waals surface area (Å²) in [5, 5.41) is 4.59. The van der Waals surface area contributed by atoms with Gasteiger partial charge in [-0.3, -0.25) is 9.59 Å². The number of hydrogen-bond donors (Lipinski definition) is 2. The Morgan fingerprint density at radius 2 is 2.00 bits per heavy atom. The molecule has 6 heteroatoms. The van der Waals surface area contributed by atoms with E-state index in [4.69, 9.17) is 17.3 Å². The number of primary amides is 1. The summed E-state index contributed by atoms with van der Waals surface area (Å²) >= 11 is 6.38. The van der Waals surface area contributed by atoms with E-state index in [1.807, 2.05) is 36.7 Å². The lowest BCUT2D eigenvalue weighted by atomic mass is 9.92. The highest BCUT2D eigenvalue weighted by Crippen LogP contribution is 2.34. The fraction of sp³-hybridized carbons (Fsp3) is 0.444. The van der Waals surface area contributed by atoms with Crippen molar-refractivity contribution in [2.24, 2.45) is 12.8 Å². The summed E-state index contributed by atoms with van der Waals surface area (Å²) in [6.45, 7) is 1.94. The summed E-state index contributed by atoms with van der Waals surface area (Å²) in [6.07, 6.45) is 3.74. The zero-order valence-corrected chi connectivity index (χ0v) is 14.7. The van der Waals surface area contributed by atoms with Gasteiger partial charge in [0.25, 0.3) is 5.91 Å². The van der Waals surface area contributed by atoms with Crippen molar-refractivity contribution in [3.05, 3.63) is 34.5 Å². The molecule has 1 aromatic heterocycles. The predicted octanol–water partition coefficient (Wildman–Crippen LogP) is 3.06. The van der Waals surface area contributed by atoms with Gasteiger partial charge in [0, 0.05) is 29.9 Å². The molecule has 0 unspecified atom stereocenters. The van der Waals surface area contributed by atoms with Crippen LogP contribution in [0.25, 0.3) is 10.9 Å². The number of benzene rings is 1. The van der Waals surface area contributed by atoms with E-state index in [0.29, 0.717) is 10.7 Å². The van der Waals surface area contributed by atoms with E-state index in [1.54, 1.807) is 0 Å². The number of fused-ring (bicyclic) bond motifs is 1. The van der Waals surface area contributed by atoms with E-state index in [0.717, 1.165) is 42.1 Å². The highest BCUT2D eigenvalue weighted by Gasteiger charge is 2.37. The first-order valence-corrected chi connectivity index (χ1v) is 8.56. The van der Waals surface area contributed by atoms with Crippen molar-refractivity contribution in [1.82, 2.24) is 9.88 Å². The molecule has 0 saturated heterocycles. The lowest BCUT2D eigenvalue weighted by Gasteiger charge is -2.29. The van der Waals surface area contributed by atoms with Gasteiger partial charge < -0.3 is 15.6 Å². The maximum absolute atomic E-state index is 12.8. The molecule has 3 N–H and O–H groups in total. The molecule has 1 saturated carbocycles. The highest BCUT2D eigenvalue weighted by molar-refractivity contribution is 6.36. The van der Waals surface area contributed by atoms with Crippen LogP contribution in [-0.4, -0.2) is 21.9 Å². The van der Waals surface area contributed by atoms with Crippen LogP contribution in [0.3, 0.4) is 0 Å². The van der Waals surface area contributed by atoms with Crippen LogP contribution in [0.5, 0.6) is 0 Å². The number of nitrogens with one attached hydrogen (secondary N) is 1. The average Bonchev–Trinajstić information content (AvgIpc) is 3.08. The molecular formula is C18H22ClN3O2. The van der Waals surface area contributed by atoms with Gasteiger partial charge in [-0.2, -0.15) is 0 Å². The Balaban J connectivity index is 1.95. The maximum Gasteiger partial charge on any atom is 0.268 e. The van der Waals surface area contributed by atoms with Crippen LogP contribution in [0.1, 0.15) is 48.2 Å². The fourth-order valence-corrected chi connectivity index (χ4v) is 3.95. The van der Waals surface area contributed by atoms with Crippen LogP contribution in [0.4, 0.5) is 0 Å². The van der Waals surface area contributed by atoms with Crippen LogP contribution in [0, 0.1) is 6.92 Å². The van der Waals surface area contributed by atoms with Crippen molar-refractivity contribution >= 4 is 34.3 Å². The van der Waals surface area contributed by atoms with Crippen molar-refractivity contribution < 1.29 is 9.59 Å². The minimum absolute atomic E-state index is 0.183. The second-order valence-corrected chi connectivity index (χ2v) is 7.18. The van der Waals surface area contributed by atoms with Crippen molar-refractivity contribution in [3.8, 4) is 0 Å². The number of nitrogens with two attached hydrogens (primary N) is 1. The molecule has 1 aliphatic carbocycles. The zero-order chi connectivity index (χ0) is 17.5. The number of hydrogen-bond acceptors (Lipinski definition) is 2. The molecular weight excluding hydrogens is 326 g/mol. The third-order valence-corrected chi connectivity index (χ3v) is 5.54. The molecule has 5 nitrogen and oxygen atoms in total. The molecule has 3 rings (SSSR count). The maximum atomic E-state index is 12.8. The van der Waals surface area contributed by atoms with Gasteiger partial charge in [0.2, 0.25) is 5.91 Å². The Labute approximate surface area is 146 Å². The largest absolute Gasteiger partial charge is 0.370 e. The number of nitrogens with zero attached hydrogens (tertiary/aromatic N) is 1. The van der Waals surface area contributed by atoms with Gasteiger partial charge in [0.1, 0.15) is 5.69 Å². The van der Waals surface area contributed by atoms with E-state index >= 15 is 0 Å². The van der Waals surface area contributed by atoms with Gasteiger partial charge in [0.05, 0.1) is 5.02 Å². The molecule has 0 radical (unpaired) electrons. The van der Waals surface area contributed by atoms with Crippen LogP contribution in [0.15, 0.2) is 18.2 Å². The normalized spacial score (nSPS) is 16.5. The Hall–Kier alpha value is -2.01. The Kier molecular flexibility index (Phi) is 4.30. The molecule has 24 heavy (non-hydrogen) atoms. The topological polar surface area (TPSA) is 77.1 Å². The zero-order valence-electron chi connectivity index (χ0n) is 14.0. The van der Waals surface area contributed by atoms with Gasteiger partial charge in [-0.25, -0.2) is 0 Å². The van der Waals surface area contributed by atoms with Crippen LogP contribution < -0.4 is 11.1 Å². The van der Waals surface area contributed by atoms with E-state index in [-0.39, 0.29) is 18.2 Å². The lowest BCUT2D eigenvalue weighted by molar-refractivity contribution is -0.119. The first kappa shape index (κ1) is 16.8. The van der Waals surface area contributed by atoms with Crippen LogP contribution in [0.2, 0.25) is 5.02 Å². The molecule has 0 spiro atoms. The Morgan fingerprint density at radius 1 is 1.33 bits per heavy atom. The summed E-state index contributed by atoms with van der Waals surface area (Å²) in [5.74, 6) is -0.571. The monoisotopic (exact) mass is 347 g/mol. The average molecular weight is 348 g/mol. The summed E-state index contributed by atoms with van der Waals surface area (Å²) < 4.78 is 1.84. The van der Waals surface area contributed by atoms with E-state index in [1.165, 1.54) is 0 Å². The molecule has 1 aliphatic rings. The van der Waals surface area contributed by atoms with Gasteiger partial charge in [0.15, 0.2) is 0 Å². The molecule has 2 aromatic rings. The summed E-state index contributed by atoms with van der Waals surface area (Å²) in [5.41, 5.74) is 7.29. The second kappa shape index (κ2) is 6.13. The molecule has 1 aromatic carbocycles. The van der Waals surface area contributed by atoms with Crippen molar-refractivity contribution in [3.63, 3.8) is 0 Å². The number of rotatable bonds is 4. The molecule has 1 heterocycles. The molecule has 0 atom stereocenters. The minimum Gasteiger partial charge on any atom is -0.370 e. The van der Waals surface area contributed by atoms with Crippen molar-refractivity contribution in [2.45, 2.75) is 44.6 Å². The summed E-state index contributed by atoms with van der Waals surface area (Å²) in [4.78, 5) is 24.3. The number of amides is 2. The number of carbonyl (C=O) groups excluding carboxylic acids is 2. The third-order valence-electron chi connectivity index (χ3n) is 5.04. The number of aryl methyl sites for hydroxylation is 2. The molecule has 1 fully saturated rings. The SMILES string of the molecule is Cc1ccc2c(cc(C(=O)NC3(CC(N)=O)CCCC3)n2C)c1Cl. The van der Waals surface area contributed by atoms with Gasteiger partial charge in [-0.05, 0) is 37.5 Å². The smallest absolute Gasteiger partial charge is 0.268 e. The van der Waals surface area contributed by atoms with E-state index in [2.05, 4.69) is 5.32 Å². The van der Waals surface area contributed by atoms with Crippen LogP contribution in [-0.2, 0) is 11.8 Å². The summed E-state index contributed by atoms with van der Waals surface area (Å²) in [6, 6.07) is 5.72. The Morgan fingerprint density at radius 3 is 2.62 bits per heavy atom. The lowest BCUT2D eigenvalue weighted by Crippen LogP contribution is -2.49. The number of halogens is 1. The third kappa shape index (κ3) is 2.88. The standard InChI is InChI=1S/C18H22ClN3O2/c1-11-5-6-13-12(16(11)19)9-14(22(13)2)17(24)21-18(10-15(20)23)7-3-4-8-18/h5-6,9H,3-4,7-8,10H2,1-2H3,(H2,20,23)(H,21,24). The van der Waals surface area contributed by atoms with Crippen molar-refractivity contribution in [1.29, 1.82) is 0 Å². The first-order chi connectivity index (χ1) is 11.3. The number of aromatic nitrogens is 1. The molecule has 128 valence electrons. The van der Waals surface area contributed by atoms with E-state index in [9.17, 15) is 9.59 Å². The predicted molar refractivity (Wildman–Crippen MR) is 95.1 cm³/mol. The Bertz CT molecular complexity index is 819.